The number of allylic oxidation sites excluding steroid dienone is 1. The van der Waals surface area contributed by atoms with Crippen LogP contribution in [0.1, 0.15) is 30.4 Å². The molecule has 0 amide bonds. The average molecular weight is 291 g/mol. The number of aryl methyl sites for hydroxylation is 1. The highest BCUT2D eigenvalue weighted by atomic mass is 16.5. The number of nitrogens with zero attached hydrogens (tertiary/aromatic N) is 1. The van der Waals surface area contributed by atoms with Crippen LogP contribution in [-0.2, 0) is 11.3 Å². The molecule has 0 aliphatic carbocycles. The lowest BCUT2D eigenvalue weighted by molar-refractivity contribution is 0.0941. The zero-order chi connectivity index (χ0) is 15.5. The van der Waals surface area contributed by atoms with E-state index in [1.807, 2.05) is 6.08 Å². The zero-order valence-corrected chi connectivity index (χ0v) is 13.4. The number of hydrogen-bond donors (Lipinski definition) is 1. The fourth-order valence-corrected chi connectivity index (χ4v) is 2.44. The Balaban J connectivity index is 2.56. The van der Waals surface area contributed by atoms with Crippen LogP contribution in [0.5, 0.6) is 0 Å². The Kier molecular flexibility index (Phi) is 8.99. The molecule has 0 radical (unpaired) electrons. The van der Waals surface area contributed by atoms with Crippen molar-refractivity contribution in [1.82, 2.24) is 4.90 Å². The third-order valence-electron chi connectivity index (χ3n) is 3.48. The highest BCUT2D eigenvalue weighted by molar-refractivity contribution is 5.22. The highest BCUT2D eigenvalue weighted by Crippen LogP contribution is 2.10. The van der Waals surface area contributed by atoms with Gasteiger partial charge in [0.05, 0.1) is 6.10 Å². The molecular weight excluding hydrogens is 262 g/mol. The molecule has 0 bridgehead atoms. The fourth-order valence-electron chi connectivity index (χ4n) is 2.44. The fraction of sp³-hybridized carbons (Fsp3) is 0.556. The maximum Gasteiger partial charge on any atom is 0.0670 e. The van der Waals surface area contributed by atoms with Gasteiger partial charge in [-0.2, -0.15) is 0 Å². The number of hydrogen-bond acceptors (Lipinski definition) is 3. The number of benzene rings is 1. The molecule has 1 N–H and O–H groups in total. The molecule has 0 saturated heterocycles. The lowest BCUT2D eigenvalue weighted by atomic mass is 10.1. The summed E-state index contributed by atoms with van der Waals surface area (Å²) in [7, 11) is 1.73. The van der Waals surface area contributed by atoms with E-state index in [0.717, 1.165) is 39.0 Å². The van der Waals surface area contributed by atoms with Crippen LogP contribution in [0.15, 0.2) is 36.9 Å². The van der Waals surface area contributed by atoms with Crippen molar-refractivity contribution in [3.8, 4) is 0 Å². The smallest absolute Gasteiger partial charge is 0.0670 e. The lowest BCUT2D eigenvalue weighted by Gasteiger charge is -2.25. The van der Waals surface area contributed by atoms with E-state index in [1.165, 1.54) is 11.1 Å². The SMILES string of the molecule is C=CCC[C@@H](O)CN(CCCOC)Cc1cccc(C)c1. The monoisotopic (exact) mass is 291 g/mol. The molecule has 3 nitrogen and oxygen atoms in total. The van der Waals surface area contributed by atoms with Crippen LogP contribution in [0.4, 0.5) is 0 Å². The van der Waals surface area contributed by atoms with Crippen LogP contribution in [0.3, 0.4) is 0 Å². The van der Waals surface area contributed by atoms with E-state index < -0.39 is 0 Å². The highest BCUT2D eigenvalue weighted by Gasteiger charge is 2.12. The second kappa shape index (κ2) is 10.6. The van der Waals surface area contributed by atoms with Crippen LogP contribution in [0.2, 0.25) is 0 Å². The quantitative estimate of drug-likeness (QED) is 0.502. The normalized spacial score (nSPS) is 12.6. The van der Waals surface area contributed by atoms with E-state index in [1.54, 1.807) is 7.11 Å². The summed E-state index contributed by atoms with van der Waals surface area (Å²) >= 11 is 0. The largest absolute Gasteiger partial charge is 0.392 e. The summed E-state index contributed by atoms with van der Waals surface area (Å²) in [5, 5.41) is 10.1. The summed E-state index contributed by atoms with van der Waals surface area (Å²) in [5.41, 5.74) is 2.57. The molecule has 0 aliphatic heterocycles. The van der Waals surface area contributed by atoms with E-state index >= 15 is 0 Å². The van der Waals surface area contributed by atoms with Crippen LogP contribution in [-0.4, -0.2) is 42.9 Å². The van der Waals surface area contributed by atoms with Gasteiger partial charge in [-0.1, -0.05) is 35.9 Å². The summed E-state index contributed by atoms with van der Waals surface area (Å²) in [6.07, 6.45) is 4.18. The van der Waals surface area contributed by atoms with E-state index in [4.69, 9.17) is 4.74 Å². The average Bonchev–Trinajstić information content (AvgIpc) is 2.45. The second-order valence-corrected chi connectivity index (χ2v) is 5.59. The van der Waals surface area contributed by atoms with Crippen molar-refractivity contribution >= 4 is 0 Å². The molecule has 118 valence electrons. The van der Waals surface area contributed by atoms with Crippen molar-refractivity contribution in [3.63, 3.8) is 0 Å². The van der Waals surface area contributed by atoms with E-state index in [0.29, 0.717) is 6.54 Å². The van der Waals surface area contributed by atoms with Gasteiger partial charge in [0, 0.05) is 33.4 Å². The first kappa shape index (κ1) is 17.9. The first-order valence-corrected chi connectivity index (χ1v) is 7.71. The van der Waals surface area contributed by atoms with Crippen molar-refractivity contribution in [2.45, 2.75) is 38.8 Å². The molecule has 1 atom stereocenters. The number of aliphatic hydroxyl groups excluding tert-OH is 1. The topological polar surface area (TPSA) is 32.7 Å². The minimum absolute atomic E-state index is 0.296. The van der Waals surface area contributed by atoms with Crippen LogP contribution < -0.4 is 0 Å². The summed E-state index contributed by atoms with van der Waals surface area (Å²) in [4.78, 5) is 2.31. The number of rotatable bonds is 11. The zero-order valence-electron chi connectivity index (χ0n) is 13.4. The van der Waals surface area contributed by atoms with Gasteiger partial charge in [0.1, 0.15) is 0 Å². The molecular formula is C18H29NO2. The lowest BCUT2D eigenvalue weighted by Crippen LogP contribution is -2.33. The number of methoxy groups -OCH3 is 1. The van der Waals surface area contributed by atoms with Crippen LogP contribution in [0, 0.1) is 6.92 Å². The van der Waals surface area contributed by atoms with E-state index in [2.05, 4.69) is 42.7 Å². The molecule has 0 saturated carbocycles. The van der Waals surface area contributed by atoms with E-state index in [9.17, 15) is 5.11 Å². The minimum atomic E-state index is -0.296. The molecule has 1 aromatic rings. The van der Waals surface area contributed by atoms with Gasteiger partial charge in [0.15, 0.2) is 0 Å². The molecule has 0 spiro atoms. The Morgan fingerprint density at radius 3 is 2.90 bits per heavy atom. The summed E-state index contributed by atoms with van der Waals surface area (Å²) in [6, 6.07) is 8.55. The Bertz CT molecular complexity index is 406. The first-order valence-electron chi connectivity index (χ1n) is 7.71. The van der Waals surface area contributed by atoms with Crippen molar-refractivity contribution < 1.29 is 9.84 Å². The van der Waals surface area contributed by atoms with Gasteiger partial charge in [-0.15, -0.1) is 6.58 Å². The summed E-state index contributed by atoms with van der Waals surface area (Å²) in [6.45, 7) is 9.08. The van der Waals surface area contributed by atoms with E-state index in [-0.39, 0.29) is 6.10 Å². The Hall–Kier alpha value is -1.16. The van der Waals surface area contributed by atoms with Crippen molar-refractivity contribution in [2.75, 3.05) is 26.8 Å². The third kappa shape index (κ3) is 8.00. The molecule has 1 rings (SSSR count). The second-order valence-electron chi connectivity index (χ2n) is 5.59. The van der Waals surface area contributed by atoms with Crippen LogP contribution in [0.25, 0.3) is 0 Å². The predicted octanol–water partition coefficient (Wildman–Crippen LogP) is 3.16. The van der Waals surface area contributed by atoms with Crippen molar-refractivity contribution in [1.29, 1.82) is 0 Å². The Morgan fingerprint density at radius 1 is 1.43 bits per heavy atom. The maximum absolute atomic E-state index is 10.1. The van der Waals surface area contributed by atoms with Crippen molar-refractivity contribution in [3.05, 3.63) is 48.0 Å². The van der Waals surface area contributed by atoms with Crippen molar-refractivity contribution in [2.24, 2.45) is 0 Å². The summed E-state index contributed by atoms with van der Waals surface area (Å²) in [5.74, 6) is 0. The van der Waals surface area contributed by atoms with Gasteiger partial charge in [0.2, 0.25) is 0 Å². The maximum atomic E-state index is 10.1. The first-order chi connectivity index (χ1) is 10.2. The van der Waals surface area contributed by atoms with Gasteiger partial charge in [-0.25, -0.2) is 0 Å². The standard InChI is InChI=1S/C18H29NO2/c1-4-5-10-18(20)15-19(11-7-12-21-3)14-17-9-6-8-16(2)13-17/h4,6,8-9,13,18,20H,1,5,7,10-12,14-15H2,2-3H3/t18-/m1/s1. The molecule has 0 heterocycles. The van der Waals surface area contributed by atoms with Crippen LogP contribution >= 0.6 is 0 Å². The molecule has 3 heteroatoms. The molecule has 1 aromatic carbocycles. The Morgan fingerprint density at radius 2 is 2.24 bits per heavy atom. The van der Waals surface area contributed by atoms with Gasteiger partial charge in [-0.05, 0) is 31.7 Å². The molecule has 0 fully saturated rings. The molecule has 0 aromatic heterocycles. The number of ether oxygens (including phenoxy) is 1. The Labute approximate surface area is 129 Å². The third-order valence-corrected chi connectivity index (χ3v) is 3.48. The van der Waals surface area contributed by atoms with Gasteiger partial charge < -0.3 is 9.84 Å². The molecule has 0 unspecified atom stereocenters. The molecule has 21 heavy (non-hydrogen) atoms. The minimum Gasteiger partial charge on any atom is -0.392 e. The van der Waals surface area contributed by atoms with Gasteiger partial charge in [0.25, 0.3) is 0 Å². The number of aliphatic hydroxyl groups is 1. The van der Waals surface area contributed by atoms with Gasteiger partial charge in [-0.3, -0.25) is 4.90 Å². The summed E-state index contributed by atoms with van der Waals surface area (Å²) < 4.78 is 5.13. The predicted molar refractivity (Wildman–Crippen MR) is 88.4 cm³/mol. The van der Waals surface area contributed by atoms with Gasteiger partial charge >= 0.3 is 0 Å². The molecule has 0 aliphatic rings.